The normalized spacial score (nSPS) is 17.4. The molecular formula is C26H26N4O2S. The Hall–Kier alpha value is -3.45. The number of hydrogen-bond donors (Lipinski definition) is 1. The number of aryl methyl sites for hydroxylation is 1. The van der Waals surface area contributed by atoms with Crippen molar-refractivity contribution in [2.24, 2.45) is 0 Å². The molecule has 7 heteroatoms. The number of anilines is 1. The van der Waals surface area contributed by atoms with Crippen molar-refractivity contribution in [3.8, 4) is 0 Å². The maximum absolute atomic E-state index is 13.2. The van der Waals surface area contributed by atoms with Gasteiger partial charge >= 0.3 is 0 Å². The zero-order chi connectivity index (χ0) is 22.9. The molecule has 1 N–H and O–H groups in total. The highest BCUT2D eigenvalue weighted by Gasteiger charge is 2.32. The molecule has 0 unspecified atom stereocenters. The number of likely N-dealkylation sites (tertiary alicyclic amines) is 1. The lowest BCUT2D eigenvalue weighted by Gasteiger charge is -2.16. The summed E-state index contributed by atoms with van der Waals surface area (Å²) in [6.45, 7) is 4.08. The second-order valence-electron chi connectivity index (χ2n) is 8.43. The van der Waals surface area contributed by atoms with Gasteiger partial charge in [0.15, 0.2) is 5.11 Å². The van der Waals surface area contributed by atoms with Gasteiger partial charge in [-0.15, -0.1) is 0 Å². The highest BCUT2D eigenvalue weighted by molar-refractivity contribution is 7.80. The van der Waals surface area contributed by atoms with Gasteiger partial charge in [-0.2, -0.15) is 0 Å². The van der Waals surface area contributed by atoms with Crippen LogP contribution in [0.2, 0.25) is 0 Å². The third-order valence-electron chi connectivity index (χ3n) is 6.35. The number of amides is 2. The Morgan fingerprint density at radius 1 is 1.09 bits per heavy atom. The van der Waals surface area contributed by atoms with Gasteiger partial charge in [0.05, 0.1) is 11.2 Å². The van der Waals surface area contributed by atoms with Crippen LogP contribution in [0.5, 0.6) is 0 Å². The number of carbonyl (C=O) groups excluding carboxylic acids is 2. The summed E-state index contributed by atoms with van der Waals surface area (Å²) in [5.74, 6) is -0.0482. The van der Waals surface area contributed by atoms with Crippen LogP contribution < -0.4 is 10.2 Å². The van der Waals surface area contributed by atoms with Gasteiger partial charge in [0.1, 0.15) is 12.2 Å². The second kappa shape index (κ2) is 8.83. The van der Waals surface area contributed by atoms with Crippen molar-refractivity contribution in [2.45, 2.75) is 32.7 Å². The zero-order valence-corrected chi connectivity index (χ0v) is 19.4. The van der Waals surface area contributed by atoms with Gasteiger partial charge in [-0.25, -0.2) is 0 Å². The number of fused-ring (bicyclic) bond motifs is 1. The minimum Gasteiger partial charge on any atom is -0.341 e. The SMILES string of the molecule is CCc1cccc2c(/C=C3\NC(=S)N(c4ccccc4)C3=O)cn(CC(=O)N3CCCC3)c12. The van der Waals surface area contributed by atoms with Crippen molar-refractivity contribution in [3.05, 3.63) is 71.6 Å². The summed E-state index contributed by atoms with van der Waals surface area (Å²) in [5.41, 5.74) is 4.28. The van der Waals surface area contributed by atoms with Crippen molar-refractivity contribution in [1.29, 1.82) is 0 Å². The summed E-state index contributed by atoms with van der Waals surface area (Å²) in [6.07, 6.45) is 6.82. The molecule has 6 nitrogen and oxygen atoms in total. The molecule has 2 aliphatic rings. The standard InChI is InChI=1S/C26H26N4O2S/c1-2-18-9-8-12-21-19(16-29(24(18)21)17-23(31)28-13-6-7-14-28)15-22-25(32)30(26(33)27-22)20-10-4-3-5-11-20/h3-5,8-12,15-16H,2,6-7,13-14,17H2,1H3,(H,27,33)/b22-15-. The van der Waals surface area contributed by atoms with E-state index in [0.29, 0.717) is 17.4 Å². The molecule has 2 aromatic carbocycles. The summed E-state index contributed by atoms with van der Waals surface area (Å²) < 4.78 is 2.04. The van der Waals surface area contributed by atoms with Crippen molar-refractivity contribution in [2.75, 3.05) is 18.0 Å². The first-order valence-corrected chi connectivity index (χ1v) is 11.8. The van der Waals surface area contributed by atoms with Crippen molar-refractivity contribution >= 4 is 51.8 Å². The highest BCUT2D eigenvalue weighted by atomic mass is 32.1. The monoisotopic (exact) mass is 458 g/mol. The molecule has 2 amide bonds. The van der Waals surface area contributed by atoms with E-state index in [9.17, 15) is 9.59 Å². The Morgan fingerprint density at radius 3 is 2.58 bits per heavy atom. The van der Waals surface area contributed by atoms with Crippen LogP contribution in [-0.2, 0) is 22.6 Å². The molecule has 0 bridgehead atoms. The third-order valence-corrected chi connectivity index (χ3v) is 6.64. The number of aromatic nitrogens is 1. The number of para-hydroxylation sites is 2. The van der Waals surface area contributed by atoms with Crippen LogP contribution in [0.4, 0.5) is 5.69 Å². The van der Waals surface area contributed by atoms with Crippen molar-refractivity contribution in [3.63, 3.8) is 0 Å². The Morgan fingerprint density at radius 2 is 1.85 bits per heavy atom. The Labute approximate surface area is 198 Å². The second-order valence-corrected chi connectivity index (χ2v) is 8.82. The Balaban J connectivity index is 1.53. The van der Waals surface area contributed by atoms with Crippen molar-refractivity contribution in [1.82, 2.24) is 14.8 Å². The number of rotatable bonds is 5. The molecule has 1 aromatic heterocycles. The van der Waals surface area contributed by atoms with Crippen LogP contribution in [-0.4, -0.2) is 39.5 Å². The van der Waals surface area contributed by atoms with Crippen molar-refractivity contribution < 1.29 is 9.59 Å². The average molecular weight is 459 g/mol. The first-order valence-electron chi connectivity index (χ1n) is 11.4. The first-order chi connectivity index (χ1) is 16.1. The maximum Gasteiger partial charge on any atom is 0.281 e. The molecule has 3 aromatic rings. The highest BCUT2D eigenvalue weighted by Crippen LogP contribution is 2.29. The molecule has 2 fully saturated rings. The van der Waals surface area contributed by atoms with Crippen LogP contribution in [0.15, 0.2) is 60.4 Å². The predicted molar refractivity (Wildman–Crippen MR) is 135 cm³/mol. The molecule has 5 rings (SSSR count). The van der Waals surface area contributed by atoms with E-state index in [2.05, 4.69) is 18.3 Å². The van der Waals surface area contributed by atoms with Gasteiger partial charge in [0, 0.05) is 30.2 Å². The topological polar surface area (TPSA) is 57.6 Å². The molecule has 0 atom stereocenters. The van der Waals surface area contributed by atoms with Gasteiger partial charge in [-0.3, -0.25) is 14.5 Å². The lowest BCUT2D eigenvalue weighted by molar-refractivity contribution is -0.130. The van der Waals surface area contributed by atoms with Gasteiger partial charge in [0.25, 0.3) is 5.91 Å². The fourth-order valence-electron chi connectivity index (χ4n) is 4.70. The Kier molecular flexibility index (Phi) is 5.72. The number of carbonyl (C=O) groups is 2. The van der Waals surface area contributed by atoms with Crippen LogP contribution in [0.1, 0.15) is 30.9 Å². The first kappa shape index (κ1) is 21.4. The summed E-state index contributed by atoms with van der Waals surface area (Å²) in [7, 11) is 0. The van der Waals surface area contributed by atoms with E-state index in [0.717, 1.165) is 54.5 Å². The summed E-state index contributed by atoms with van der Waals surface area (Å²) in [6, 6.07) is 15.6. The minimum absolute atomic E-state index is 0.140. The van der Waals surface area contributed by atoms with Crippen LogP contribution in [0.25, 0.3) is 17.0 Å². The molecule has 0 spiro atoms. The molecule has 2 aliphatic heterocycles. The smallest absolute Gasteiger partial charge is 0.281 e. The van der Waals surface area contributed by atoms with E-state index in [4.69, 9.17) is 12.2 Å². The summed E-state index contributed by atoms with van der Waals surface area (Å²) >= 11 is 5.45. The predicted octanol–water partition coefficient (Wildman–Crippen LogP) is 4.09. The van der Waals surface area contributed by atoms with Gasteiger partial charge in [0.2, 0.25) is 5.91 Å². The fourth-order valence-corrected chi connectivity index (χ4v) is 5.00. The molecule has 0 aliphatic carbocycles. The van der Waals surface area contributed by atoms with Gasteiger partial charge in [-0.05, 0) is 55.3 Å². The number of thiocarbonyl (C=S) groups is 1. The van der Waals surface area contributed by atoms with Crippen LogP contribution in [0, 0.1) is 0 Å². The molecule has 0 saturated carbocycles. The van der Waals surface area contributed by atoms with Crippen LogP contribution >= 0.6 is 12.2 Å². The third kappa shape index (κ3) is 3.93. The fraction of sp³-hybridized carbons (Fsp3) is 0.269. The van der Waals surface area contributed by atoms with E-state index in [1.54, 1.807) is 0 Å². The largest absolute Gasteiger partial charge is 0.341 e. The lowest BCUT2D eigenvalue weighted by atomic mass is 10.1. The van der Waals surface area contributed by atoms with Gasteiger partial charge in [-0.1, -0.05) is 43.3 Å². The Bertz CT molecular complexity index is 1270. The molecule has 0 radical (unpaired) electrons. The number of benzene rings is 2. The molecule has 168 valence electrons. The number of hydrogen-bond acceptors (Lipinski definition) is 3. The van der Waals surface area contributed by atoms with E-state index in [1.807, 2.05) is 64.2 Å². The molecule has 2 saturated heterocycles. The quantitative estimate of drug-likeness (QED) is 0.462. The summed E-state index contributed by atoms with van der Waals surface area (Å²) in [4.78, 5) is 29.5. The molecule has 33 heavy (non-hydrogen) atoms. The van der Waals surface area contributed by atoms with Gasteiger partial charge < -0.3 is 14.8 Å². The van der Waals surface area contributed by atoms with E-state index >= 15 is 0 Å². The summed E-state index contributed by atoms with van der Waals surface area (Å²) in [5, 5.41) is 4.46. The van der Waals surface area contributed by atoms with Crippen LogP contribution in [0.3, 0.4) is 0 Å². The number of nitrogens with one attached hydrogen (secondary N) is 1. The van der Waals surface area contributed by atoms with E-state index in [1.165, 1.54) is 10.5 Å². The molecular weight excluding hydrogens is 432 g/mol. The average Bonchev–Trinajstić information content (AvgIpc) is 3.54. The van der Waals surface area contributed by atoms with E-state index < -0.39 is 0 Å². The maximum atomic E-state index is 13.2. The molecule has 3 heterocycles. The van der Waals surface area contributed by atoms with E-state index in [-0.39, 0.29) is 11.8 Å². The number of nitrogens with zero attached hydrogens (tertiary/aromatic N) is 3. The zero-order valence-electron chi connectivity index (χ0n) is 18.6. The lowest BCUT2D eigenvalue weighted by Crippen LogP contribution is -2.30. The minimum atomic E-state index is -0.188.